The monoisotopic (exact) mass is 1590 g/mol. The molecule has 0 aromatic carbocycles. The van der Waals surface area contributed by atoms with E-state index >= 15 is 0 Å². The second kappa shape index (κ2) is 82.1. The quantitative estimate of drug-likeness (QED) is 0.0169. The molecule has 0 aliphatic heterocycles. The van der Waals surface area contributed by atoms with E-state index < -0.39 is 97.5 Å². The van der Waals surface area contributed by atoms with Crippen molar-refractivity contribution in [1.29, 1.82) is 0 Å². The highest BCUT2D eigenvalue weighted by molar-refractivity contribution is 7.47. The smallest absolute Gasteiger partial charge is 0.462 e. The summed E-state index contributed by atoms with van der Waals surface area (Å²) in [5.74, 6) is -2.51. The lowest BCUT2D eigenvalue weighted by Gasteiger charge is -2.21. The minimum Gasteiger partial charge on any atom is -0.462 e. The normalized spacial score (nSPS) is 15.0. The molecule has 0 aliphatic rings. The van der Waals surface area contributed by atoms with Crippen molar-refractivity contribution in [1.82, 2.24) is 0 Å². The Morgan fingerprint density at radius 2 is 0.482 bits per heavy atom. The summed E-state index contributed by atoms with van der Waals surface area (Å²) in [5.41, 5.74) is 0. The highest BCUT2D eigenvalue weighted by Crippen LogP contribution is 2.45. The van der Waals surface area contributed by atoms with Gasteiger partial charge in [0, 0.05) is 25.7 Å². The van der Waals surface area contributed by atoms with Crippen molar-refractivity contribution in [3.63, 3.8) is 0 Å². The fraction of sp³-hybridized carbons (Fsp3) is 0.548. The summed E-state index contributed by atoms with van der Waals surface area (Å²) in [5, 5.41) is 10.7. The van der Waals surface area contributed by atoms with E-state index in [1.165, 1.54) is 38.5 Å². The third kappa shape index (κ3) is 81.1. The molecule has 17 nitrogen and oxygen atoms in total. The number of unbranched alkanes of at least 4 members (excludes halogenated alkanes) is 11. The first-order valence-corrected chi connectivity index (χ1v) is 44.6. The van der Waals surface area contributed by atoms with Gasteiger partial charge in [-0.25, -0.2) is 9.13 Å². The molecule has 112 heavy (non-hydrogen) atoms. The summed E-state index contributed by atoms with van der Waals surface area (Å²) < 4.78 is 68.5. The Morgan fingerprint density at radius 1 is 0.259 bits per heavy atom. The second-order valence-electron chi connectivity index (χ2n) is 26.6. The van der Waals surface area contributed by atoms with Gasteiger partial charge in [-0.3, -0.25) is 37.3 Å². The maximum atomic E-state index is 13.1. The highest BCUT2D eigenvalue weighted by atomic mass is 31.2. The van der Waals surface area contributed by atoms with Crippen LogP contribution in [0.5, 0.6) is 0 Å². The molecule has 0 bridgehead atoms. The Labute approximate surface area is 676 Å². The van der Waals surface area contributed by atoms with Crippen LogP contribution in [0.2, 0.25) is 0 Å². The average molecular weight is 1600 g/mol. The molecule has 0 saturated heterocycles. The van der Waals surface area contributed by atoms with Gasteiger partial charge in [-0.1, -0.05) is 304 Å². The molecule has 0 rings (SSSR count). The van der Waals surface area contributed by atoms with Crippen LogP contribution in [0.3, 0.4) is 0 Å². The lowest BCUT2D eigenvalue weighted by Crippen LogP contribution is -2.30. The van der Waals surface area contributed by atoms with Gasteiger partial charge < -0.3 is 33.8 Å². The lowest BCUT2D eigenvalue weighted by molar-refractivity contribution is -0.161. The molecule has 19 heteroatoms. The number of carbonyl (C=O) groups excluding carboxylic acids is 4. The SMILES string of the molecule is CC/C=C\C/C=C\C/C=C\C/C=C\C/C=C\C/C=C\CCC(=O)OC[C@H](COP(=O)(O)OC[C@@H](O)COP(=O)(O)OC[C@@H](COC(=O)CC/C=C\C/C=C\C/C=C\C/C=C\C/C=C\CCCCC)OC(=O)CC/C=C\C/C=C\C/C=C\C/C=C\C/C=C\C/C=C\CC)OC(=O)CCCCCCC/C=C\C/C=C\CCCCC. The summed E-state index contributed by atoms with van der Waals surface area (Å²) in [6, 6.07) is 0. The van der Waals surface area contributed by atoms with Crippen LogP contribution in [0.25, 0.3) is 0 Å². The van der Waals surface area contributed by atoms with Gasteiger partial charge in [-0.2, -0.15) is 0 Å². The Balaban J connectivity index is 5.62. The third-order valence-corrected chi connectivity index (χ3v) is 18.0. The van der Waals surface area contributed by atoms with Crippen molar-refractivity contribution in [3.05, 3.63) is 231 Å². The number of hydrogen-bond donors (Lipinski definition) is 3. The van der Waals surface area contributed by atoms with Crippen LogP contribution in [0.15, 0.2) is 231 Å². The number of aliphatic hydroxyl groups is 1. The first-order chi connectivity index (χ1) is 54.7. The molecule has 0 fully saturated rings. The van der Waals surface area contributed by atoms with E-state index in [4.69, 9.17) is 37.0 Å². The van der Waals surface area contributed by atoms with Gasteiger partial charge in [0.25, 0.3) is 0 Å². The Hall–Kier alpha value is -6.88. The molecule has 0 spiro atoms. The summed E-state index contributed by atoms with van der Waals surface area (Å²) in [7, 11) is -10.1. The number of allylic oxidation sites excluding steroid dienone is 38. The standard InChI is InChI=1S/C93H144O17P2/c1-5-9-13-17-21-25-29-33-37-40-43-46-50-53-57-61-65-69-73-77-90(95)103-83-88(109-92(97)79-75-71-67-63-59-55-49-36-32-28-24-20-16-12-8-4)85-107-111(99,100)105-81-87(94)82-106-112(101,102)108-86-89(110-93(98)80-76-72-68-64-60-56-52-48-45-42-39-35-31-27-23-19-15-11-7-3)84-104-91(96)78-74-70-66-62-58-54-51-47-44-41-38-34-30-26-22-18-14-10-6-2/h9,11,13,15,21-28,33-39,43-49,53-54,56-58,60,65-66,68-70,72,87-89,94H,5-8,10,12,14,16-20,29-32,40-42,50-52,55,59,61-64,67,71,73-86H2,1-4H3,(H,99,100)(H,101,102)/b13-9-,15-11-,25-21-,26-22-,27-23-,28-24-,37-33-,38-34-,39-35-,46-43-,47-44-,48-45-,49-36-,57-53-,58-54-,60-56-,69-65-,70-66-,72-68-/t87-,88-,89-/m1/s1. The van der Waals surface area contributed by atoms with E-state index in [2.05, 4.69) is 204 Å². The largest absolute Gasteiger partial charge is 0.472 e. The number of carbonyl (C=O) groups is 4. The van der Waals surface area contributed by atoms with Gasteiger partial charge in [-0.05, 0) is 173 Å². The zero-order chi connectivity index (χ0) is 81.7. The number of esters is 4. The molecule has 0 aromatic rings. The zero-order valence-electron chi connectivity index (χ0n) is 68.7. The number of phosphoric acid groups is 2. The minimum absolute atomic E-state index is 0.0101. The van der Waals surface area contributed by atoms with Gasteiger partial charge in [-0.15, -0.1) is 0 Å². The summed E-state index contributed by atoms with van der Waals surface area (Å²) >= 11 is 0. The fourth-order valence-corrected chi connectivity index (χ4v) is 11.5. The number of ether oxygens (including phenoxy) is 4. The number of rotatable bonds is 75. The topological polar surface area (TPSA) is 237 Å². The maximum Gasteiger partial charge on any atom is 0.472 e. The van der Waals surface area contributed by atoms with Crippen molar-refractivity contribution in [2.45, 2.75) is 290 Å². The van der Waals surface area contributed by atoms with E-state index in [1.807, 2.05) is 54.7 Å². The molecule has 0 amide bonds. The predicted molar refractivity (Wildman–Crippen MR) is 463 cm³/mol. The van der Waals surface area contributed by atoms with Crippen molar-refractivity contribution in [3.8, 4) is 0 Å². The van der Waals surface area contributed by atoms with E-state index in [0.717, 1.165) is 135 Å². The van der Waals surface area contributed by atoms with Crippen LogP contribution < -0.4 is 0 Å². The maximum absolute atomic E-state index is 13.1. The molecule has 2 unspecified atom stereocenters. The molecule has 0 radical (unpaired) electrons. The molecule has 0 aromatic heterocycles. The third-order valence-electron chi connectivity index (χ3n) is 16.1. The average Bonchev–Trinajstić information content (AvgIpc) is 0.898. The number of phosphoric ester groups is 2. The minimum atomic E-state index is -5.04. The van der Waals surface area contributed by atoms with Crippen LogP contribution in [0.4, 0.5) is 0 Å². The van der Waals surface area contributed by atoms with Crippen molar-refractivity contribution in [2.75, 3.05) is 39.6 Å². The van der Waals surface area contributed by atoms with E-state index in [1.54, 1.807) is 0 Å². The van der Waals surface area contributed by atoms with Gasteiger partial charge in [0.1, 0.15) is 19.3 Å². The summed E-state index contributed by atoms with van der Waals surface area (Å²) in [6.07, 6.45) is 106. The number of aliphatic hydroxyl groups excluding tert-OH is 1. The Morgan fingerprint density at radius 3 is 0.768 bits per heavy atom. The van der Waals surface area contributed by atoms with E-state index in [9.17, 15) is 43.2 Å². The van der Waals surface area contributed by atoms with Crippen LogP contribution in [0, 0.1) is 0 Å². The fourth-order valence-electron chi connectivity index (χ4n) is 9.87. The van der Waals surface area contributed by atoms with Crippen molar-refractivity contribution in [2.24, 2.45) is 0 Å². The van der Waals surface area contributed by atoms with Gasteiger partial charge in [0.15, 0.2) is 12.2 Å². The molecular weight excluding hydrogens is 1450 g/mol. The van der Waals surface area contributed by atoms with Gasteiger partial charge >= 0.3 is 39.5 Å². The molecule has 0 heterocycles. The van der Waals surface area contributed by atoms with Gasteiger partial charge in [0.2, 0.25) is 0 Å². The van der Waals surface area contributed by atoms with Crippen molar-refractivity contribution < 1.29 is 80.2 Å². The van der Waals surface area contributed by atoms with E-state index in [-0.39, 0.29) is 25.7 Å². The lowest BCUT2D eigenvalue weighted by atomic mass is 10.1. The summed E-state index contributed by atoms with van der Waals surface area (Å²) in [4.78, 5) is 73.1. The van der Waals surface area contributed by atoms with Crippen LogP contribution in [0.1, 0.15) is 272 Å². The van der Waals surface area contributed by atoms with Gasteiger partial charge in [0.05, 0.1) is 26.4 Å². The Kier molecular flexibility index (Phi) is 77.1. The second-order valence-corrected chi connectivity index (χ2v) is 29.5. The molecular formula is C93H144O17P2. The Bertz CT molecular complexity index is 3040. The molecule has 3 N–H and O–H groups in total. The molecule has 628 valence electrons. The first kappa shape index (κ1) is 105. The highest BCUT2D eigenvalue weighted by Gasteiger charge is 2.30. The van der Waals surface area contributed by atoms with Crippen LogP contribution in [-0.2, 0) is 65.4 Å². The first-order valence-electron chi connectivity index (χ1n) is 41.6. The van der Waals surface area contributed by atoms with Crippen molar-refractivity contribution >= 4 is 39.5 Å². The molecule has 0 saturated carbocycles. The molecule has 5 atom stereocenters. The van der Waals surface area contributed by atoms with E-state index in [0.29, 0.717) is 44.9 Å². The van der Waals surface area contributed by atoms with Crippen LogP contribution >= 0.6 is 15.6 Å². The molecule has 0 aliphatic carbocycles. The number of hydrogen-bond acceptors (Lipinski definition) is 15. The predicted octanol–water partition coefficient (Wildman–Crippen LogP) is 25.0. The van der Waals surface area contributed by atoms with Crippen LogP contribution in [-0.4, -0.2) is 96.7 Å². The zero-order valence-corrected chi connectivity index (χ0v) is 70.5. The summed E-state index contributed by atoms with van der Waals surface area (Å²) in [6.45, 7) is 4.28.